The molecule has 0 saturated heterocycles. The Balaban J connectivity index is 2.14. The lowest BCUT2D eigenvalue weighted by atomic mass is 10.1. The van der Waals surface area contributed by atoms with E-state index in [1.165, 1.54) is 0 Å². The molecule has 1 unspecified atom stereocenters. The van der Waals surface area contributed by atoms with E-state index in [9.17, 15) is 5.11 Å². The highest BCUT2D eigenvalue weighted by Crippen LogP contribution is 2.27. The van der Waals surface area contributed by atoms with E-state index in [0.29, 0.717) is 12.5 Å². The van der Waals surface area contributed by atoms with Crippen LogP contribution in [0.15, 0.2) is 24.3 Å². The van der Waals surface area contributed by atoms with Gasteiger partial charge in [0, 0.05) is 29.2 Å². The van der Waals surface area contributed by atoms with Crippen molar-refractivity contribution in [2.24, 2.45) is 5.92 Å². The van der Waals surface area contributed by atoms with Crippen molar-refractivity contribution in [2.75, 3.05) is 6.61 Å². The van der Waals surface area contributed by atoms with Crippen molar-refractivity contribution in [1.82, 2.24) is 10.3 Å². The van der Waals surface area contributed by atoms with Crippen LogP contribution < -0.4 is 5.32 Å². The first-order chi connectivity index (χ1) is 8.63. The van der Waals surface area contributed by atoms with E-state index < -0.39 is 0 Å². The maximum Gasteiger partial charge on any atom is 0.0705 e. The Labute approximate surface area is 112 Å². The highest BCUT2D eigenvalue weighted by atomic mass is 35.5. The summed E-state index contributed by atoms with van der Waals surface area (Å²) in [6.45, 7) is 4.94. The molecule has 0 bridgehead atoms. The third-order valence-corrected chi connectivity index (χ3v) is 3.69. The smallest absolute Gasteiger partial charge is 0.0705 e. The van der Waals surface area contributed by atoms with Gasteiger partial charge in [-0.1, -0.05) is 43.6 Å². The molecule has 0 amide bonds. The van der Waals surface area contributed by atoms with E-state index >= 15 is 0 Å². The molecule has 2 rings (SSSR count). The fourth-order valence-electron chi connectivity index (χ4n) is 2.03. The van der Waals surface area contributed by atoms with Crippen molar-refractivity contribution < 1.29 is 5.11 Å². The molecule has 1 aromatic carbocycles. The number of hydrogen-bond donors (Lipinski definition) is 3. The second-order valence-corrected chi connectivity index (χ2v) is 5.26. The fourth-order valence-corrected chi connectivity index (χ4v) is 2.31. The lowest BCUT2D eigenvalue weighted by Crippen LogP contribution is -2.36. The van der Waals surface area contributed by atoms with Crippen molar-refractivity contribution in [3.8, 4) is 0 Å². The lowest BCUT2D eigenvalue weighted by molar-refractivity contribution is 0.210. The lowest BCUT2D eigenvalue weighted by Gasteiger charge is -2.19. The topological polar surface area (TPSA) is 48.0 Å². The quantitative estimate of drug-likeness (QED) is 0.779. The van der Waals surface area contributed by atoms with E-state index in [0.717, 1.165) is 21.6 Å². The number of aliphatic hydroxyl groups is 1. The van der Waals surface area contributed by atoms with Gasteiger partial charge in [-0.3, -0.25) is 0 Å². The van der Waals surface area contributed by atoms with Crippen LogP contribution in [0, 0.1) is 5.92 Å². The first-order valence-electron chi connectivity index (χ1n) is 6.22. The van der Waals surface area contributed by atoms with Crippen LogP contribution in [0.25, 0.3) is 10.9 Å². The van der Waals surface area contributed by atoms with Crippen LogP contribution >= 0.6 is 11.6 Å². The molecule has 4 heteroatoms. The molecule has 3 N–H and O–H groups in total. The van der Waals surface area contributed by atoms with Crippen LogP contribution in [0.4, 0.5) is 0 Å². The molecule has 2 aromatic rings. The van der Waals surface area contributed by atoms with Gasteiger partial charge in [0.1, 0.15) is 0 Å². The van der Waals surface area contributed by atoms with Gasteiger partial charge in [-0.25, -0.2) is 0 Å². The van der Waals surface area contributed by atoms with Crippen LogP contribution in [0.1, 0.15) is 19.5 Å². The molecule has 98 valence electrons. The molecule has 3 nitrogen and oxygen atoms in total. The minimum Gasteiger partial charge on any atom is -0.395 e. The average molecular weight is 267 g/mol. The molecule has 0 fully saturated rings. The van der Waals surface area contributed by atoms with Gasteiger partial charge < -0.3 is 15.4 Å². The average Bonchev–Trinajstić information content (AvgIpc) is 2.67. The summed E-state index contributed by atoms with van der Waals surface area (Å²) in [6.07, 6.45) is 0. The number of H-pyrrole nitrogens is 1. The molecule has 0 spiro atoms. The van der Waals surface area contributed by atoms with Crippen molar-refractivity contribution in [3.63, 3.8) is 0 Å². The molecule has 18 heavy (non-hydrogen) atoms. The number of nitrogens with one attached hydrogen (secondary N) is 2. The highest BCUT2D eigenvalue weighted by Gasteiger charge is 2.14. The fraction of sp³-hybridized carbons (Fsp3) is 0.429. The molecular formula is C14H19ClN2O. The Hall–Kier alpha value is -1.03. The third kappa shape index (κ3) is 2.69. The van der Waals surface area contributed by atoms with E-state index in [-0.39, 0.29) is 12.6 Å². The largest absolute Gasteiger partial charge is 0.395 e. The molecule has 0 aliphatic rings. The van der Waals surface area contributed by atoms with E-state index in [1.54, 1.807) is 0 Å². The number of benzene rings is 1. The van der Waals surface area contributed by atoms with Crippen molar-refractivity contribution in [2.45, 2.75) is 26.4 Å². The number of hydrogen-bond acceptors (Lipinski definition) is 2. The minimum absolute atomic E-state index is 0.0903. The molecule has 0 radical (unpaired) electrons. The number of aromatic nitrogens is 1. The minimum atomic E-state index is 0.0903. The zero-order valence-corrected chi connectivity index (χ0v) is 11.5. The second-order valence-electron chi connectivity index (χ2n) is 4.88. The van der Waals surface area contributed by atoms with Gasteiger partial charge in [0.25, 0.3) is 0 Å². The summed E-state index contributed by atoms with van der Waals surface area (Å²) in [5.41, 5.74) is 2.02. The van der Waals surface area contributed by atoms with Crippen LogP contribution in [-0.4, -0.2) is 22.7 Å². The summed E-state index contributed by atoms with van der Waals surface area (Å²) in [6, 6.07) is 8.06. The highest BCUT2D eigenvalue weighted by molar-refractivity contribution is 6.36. The number of halogens is 1. The summed E-state index contributed by atoms with van der Waals surface area (Å²) in [5.74, 6) is 0.387. The Morgan fingerprint density at radius 2 is 2.06 bits per heavy atom. The van der Waals surface area contributed by atoms with Crippen LogP contribution in [-0.2, 0) is 6.54 Å². The van der Waals surface area contributed by atoms with Crippen LogP contribution in [0.3, 0.4) is 0 Å². The summed E-state index contributed by atoms with van der Waals surface area (Å²) in [4.78, 5) is 3.31. The number of fused-ring (bicyclic) bond motifs is 1. The molecule has 1 heterocycles. The van der Waals surface area contributed by atoms with Gasteiger partial charge in [-0.15, -0.1) is 0 Å². The number of aromatic amines is 1. The maximum absolute atomic E-state index is 9.28. The van der Waals surface area contributed by atoms with Gasteiger partial charge in [0.05, 0.1) is 11.6 Å². The van der Waals surface area contributed by atoms with Crippen molar-refractivity contribution in [3.05, 3.63) is 35.0 Å². The molecule has 1 aromatic heterocycles. The van der Waals surface area contributed by atoms with Crippen LogP contribution in [0.5, 0.6) is 0 Å². The molecule has 1 atom stereocenters. The number of para-hydroxylation sites is 1. The first kappa shape index (κ1) is 13.4. The molecule has 0 saturated carbocycles. The van der Waals surface area contributed by atoms with E-state index in [2.05, 4.69) is 24.1 Å². The summed E-state index contributed by atoms with van der Waals surface area (Å²) in [7, 11) is 0. The Bertz CT molecular complexity index is 521. The predicted molar refractivity (Wildman–Crippen MR) is 75.9 cm³/mol. The zero-order valence-electron chi connectivity index (χ0n) is 10.7. The standard InChI is InChI=1S/C14H19ClN2O/c1-9(2)13(8-18)16-7-12-14(15)10-5-3-4-6-11(10)17-12/h3-6,9,13,16-18H,7-8H2,1-2H3. The SMILES string of the molecule is CC(C)C(CO)NCc1[nH]c2ccccc2c1Cl. The van der Waals surface area contributed by atoms with E-state index in [4.69, 9.17) is 11.6 Å². The zero-order chi connectivity index (χ0) is 13.1. The number of rotatable bonds is 5. The Morgan fingerprint density at radius 3 is 2.67 bits per heavy atom. The monoisotopic (exact) mass is 266 g/mol. The normalized spacial score (nSPS) is 13.4. The second kappa shape index (κ2) is 5.74. The maximum atomic E-state index is 9.28. The van der Waals surface area contributed by atoms with Gasteiger partial charge in [0.2, 0.25) is 0 Å². The summed E-state index contributed by atoms with van der Waals surface area (Å²) in [5, 5.41) is 14.4. The summed E-state index contributed by atoms with van der Waals surface area (Å²) >= 11 is 6.33. The van der Waals surface area contributed by atoms with Gasteiger partial charge in [-0.2, -0.15) is 0 Å². The van der Waals surface area contributed by atoms with Gasteiger partial charge in [-0.05, 0) is 12.0 Å². The summed E-state index contributed by atoms with van der Waals surface area (Å²) < 4.78 is 0. The Kier molecular flexibility index (Phi) is 4.27. The molecular weight excluding hydrogens is 248 g/mol. The van der Waals surface area contributed by atoms with Crippen molar-refractivity contribution in [1.29, 1.82) is 0 Å². The molecule has 0 aliphatic heterocycles. The molecule has 0 aliphatic carbocycles. The first-order valence-corrected chi connectivity index (χ1v) is 6.60. The van der Waals surface area contributed by atoms with E-state index in [1.807, 2.05) is 24.3 Å². The number of aliphatic hydroxyl groups excluding tert-OH is 1. The Morgan fingerprint density at radius 1 is 1.33 bits per heavy atom. The predicted octanol–water partition coefficient (Wildman–Crippen LogP) is 2.93. The van der Waals surface area contributed by atoms with Gasteiger partial charge in [0.15, 0.2) is 0 Å². The van der Waals surface area contributed by atoms with Crippen molar-refractivity contribution >= 4 is 22.5 Å². The third-order valence-electron chi connectivity index (χ3n) is 3.26. The van der Waals surface area contributed by atoms with Crippen LogP contribution in [0.2, 0.25) is 5.02 Å². The van der Waals surface area contributed by atoms with Gasteiger partial charge >= 0.3 is 0 Å².